The van der Waals surface area contributed by atoms with E-state index in [1.165, 1.54) is 4.68 Å². The molecule has 3 aromatic rings. The van der Waals surface area contributed by atoms with Crippen molar-refractivity contribution in [3.8, 4) is 17.3 Å². The largest absolute Gasteiger partial charge is 0.496 e. The number of nitrogens with one attached hydrogen (secondary N) is 2. The lowest BCUT2D eigenvalue weighted by molar-refractivity contribution is 0.414. The molecule has 118 valence electrons. The Morgan fingerprint density at radius 2 is 2.13 bits per heavy atom. The average molecular weight is 393 g/mol. The van der Waals surface area contributed by atoms with Gasteiger partial charge in [0.25, 0.3) is 0 Å². The molecule has 23 heavy (non-hydrogen) atoms. The standard InChI is InChI=1S/C14H13BrN6OS/c1-8-5-11(18-17-8)13-19-20-14(23)21(13)16-7-9-6-10(15)3-4-12(9)22-2/h3-7H,1-2H3,(H,17,18)(H,20,23). The van der Waals surface area contributed by atoms with Gasteiger partial charge in [-0.15, -0.1) is 0 Å². The third-order valence-electron chi connectivity index (χ3n) is 3.09. The topological polar surface area (TPSA) is 83.9 Å². The molecule has 0 saturated carbocycles. The molecule has 3 rings (SSSR count). The van der Waals surface area contributed by atoms with Crippen LogP contribution in [0.15, 0.2) is 33.8 Å². The summed E-state index contributed by atoms with van der Waals surface area (Å²) in [4.78, 5) is 0. The third-order valence-corrected chi connectivity index (χ3v) is 3.85. The lowest BCUT2D eigenvalue weighted by Gasteiger charge is -2.04. The molecule has 0 spiro atoms. The number of hydrogen-bond donors (Lipinski definition) is 2. The van der Waals surface area contributed by atoms with Gasteiger partial charge in [-0.3, -0.25) is 5.10 Å². The van der Waals surface area contributed by atoms with Crippen molar-refractivity contribution in [2.45, 2.75) is 6.92 Å². The first-order chi connectivity index (χ1) is 11.1. The van der Waals surface area contributed by atoms with E-state index in [4.69, 9.17) is 17.0 Å². The van der Waals surface area contributed by atoms with Gasteiger partial charge < -0.3 is 4.74 Å². The first-order valence-electron chi connectivity index (χ1n) is 6.66. The number of halogens is 1. The highest BCUT2D eigenvalue weighted by atomic mass is 79.9. The van der Waals surface area contributed by atoms with Crippen molar-refractivity contribution in [2.75, 3.05) is 7.11 Å². The Kier molecular flexibility index (Phi) is 4.39. The van der Waals surface area contributed by atoms with Gasteiger partial charge in [-0.25, -0.2) is 5.10 Å². The minimum Gasteiger partial charge on any atom is -0.496 e. The van der Waals surface area contributed by atoms with E-state index in [-0.39, 0.29) is 0 Å². The zero-order chi connectivity index (χ0) is 16.4. The molecule has 7 nitrogen and oxygen atoms in total. The molecule has 2 heterocycles. The van der Waals surface area contributed by atoms with Gasteiger partial charge in [0.1, 0.15) is 11.4 Å². The fourth-order valence-electron chi connectivity index (χ4n) is 2.02. The second-order valence-electron chi connectivity index (χ2n) is 4.73. The van der Waals surface area contributed by atoms with Crippen LogP contribution in [0.2, 0.25) is 0 Å². The molecule has 0 atom stereocenters. The van der Waals surface area contributed by atoms with Crippen LogP contribution in [0.1, 0.15) is 11.3 Å². The lowest BCUT2D eigenvalue weighted by Crippen LogP contribution is -1.97. The van der Waals surface area contributed by atoms with Crippen LogP contribution < -0.4 is 4.74 Å². The summed E-state index contributed by atoms with van der Waals surface area (Å²) in [6, 6.07) is 7.54. The van der Waals surface area contributed by atoms with Crippen molar-refractivity contribution >= 4 is 34.4 Å². The molecule has 0 amide bonds. The number of benzene rings is 1. The second-order valence-corrected chi connectivity index (χ2v) is 6.03. The van der Waals surface area contributed by atoms with Gasteiger partial charge in [-0.05, 0) is 43.4 Å². The SMILES string of the molecule is COc1ccc(Br)cc1C=Nn1c(-c2cc(C)[nH]n2)n[nH]c1=S. The van der Waals surface area contributed by atoms with E-state index < -0.39 is 0 Å². The van der Waals surface area contributed by atoms with Gasteiger partial charge in [-0.2, -0.15) is 20.0 Å². The lowest BCUT2D eigenvalue weighted by atomic mass is 10.2. The van der Waals surface area contributed by atoms with E-state index in [2.05, 4.69) is 41.4 Å². The number of hydrogen-bond acceptors (Lipinski definition) is 5. The van der Waals surface area contributed by atoms with Crippen LogP contribution in [0.5, 0.6) is 5.75 Å². The van der Waals surface area contributed by atoms with Crippen molar-refractivity contribution in [1.82, 2.24) is 25.1 Å². The van der Waals surface area contributed by atoms with Crippen LogP contribution >= 0.6 is 28.1 Å². The van der Waals surface area contributed by atoms with Crippen LogP contribution in [-0.4, -0.2) is 38.4 Å². The first kappa shape index (κ1) is 15.6. The Hall–Kier alpha value is -2.26. The van der Waals surface area contributed by atoms with Gasteiger partial charge in [0, 0.05) is 15.7 Å². The summed E-state index contributed by atoms with van der Waals surface area (Å²) in [5, 5.41) is 18.4. The highest BCUT2D eigenvalue weighted by Gasteiger charge is 2.11. The van der Waals surface area contributed by atoms with E-state index in [9.17, 15) is 0 Å². The monoisotopic (exact) mass is 392 g/mol. The normalized spacial score (nSPS) is 11.3. The van der Waals surface area contributed by atoms with Crippen LogP contribution in [0.25, 0.3) is 11.5 Å². The molecule has 0 aliphatic carbocycles. The van der Waals surface area contributed by atoms with Crippen molar-refractivity contribution in [2.24, 2.45) is 5.10 Å². The Labute approximate surface area is 145 Å². The summed E-state index contributed by atoms with van der Waals surface area (Å²) < 4.78 is 8.16. The Balaban J connectivity index is 2.02. The zero-order valence-electron chi connectivity index (χ0n) is 12.4. The first-order valence-corrected chi connectivity index (χ1v) is 7.86. The summed E-state index contributed by atoms with van der Waals surface area (Å²) in [6.45, 7) is 1.91. The molecule has 0 bridgehead atoms. The van der Waals surface area contributed by atoms with Gasteiger partial charge in [-0.1, -0.05) is 15.9 Å². The number of H-pyrrole nitrogens is 2. The van der Waals surface area contributed by atoms with Crippen molar-refractivity contribution < 1.29 is 4.74 Å². The summed E-state index contributed by atoms with van der Waals surface area (Å²) in [5.74, 6) is 1.24. The van der Waals surface area contributed by atoms with Gasteiger partial charge in [0.05, 0.1) is 13.3 Å². The van der Waals surface area contributed by atoms with Crippen LogP contribution in [0.3, 0.4) is 0 Å². The maximum absolute atomic E-state index is 5.33. The van der Waals surface area contributed by atoms with Gasteiger partial charge in [0.2, 0.25) is 10.6 Å². The van der Waals surface area contributed by atoms with Crippen molar-refractivity contribution in [3.63, 3.8) is 0 Å². The number of methoxy groups -OCH3 is 1. The number of nitrogens with zero attached hydrogens (tertiary/aromatic N) is 4. The minimum atomic E-state index is 0.380. The molecular weight excluding hydrogens is 380 g/mol. The molecule has 2 N–H and O–H groups in total. The highest BCUT2D eigenvalue weighted by molar-refractivity contribution is 9.10. The number of aryl methyl sites for hydroxylation is 1. The third kappa shape index (κ3) is 3.25. The second kappa shape index (κ2) is 6.47. The maximum Gasteiger partial charge on any atom is 0.216 e. The summed E-state index contributed by atoms with van der Waals surface area (Å²) in [7, 11) is 1.61. The van der Waals surface area contributed by atoms with E-state index in [0.717, 1.165) is 15.7 Å². The highest BCUT2D eigenvalue weighted by Crippen LogP contribution is 2.22. The Morgan fingerprint density at radius 1 is 1.30 bits per heavy atom. The van der Waals surface area contributed by atoms with Crippen molar-refractivity contribution in [3.05, 3.63) is 44.8 Å². The average Bonchev–Trinajstić information content (AvgIpc) is 3.11. The minimum absolute atomic E-state index is 0.380. The molecule has 1 aromatic carbocycles. The van der Waals surface area contributed by atoms with E-state index in [1.807, 2.05) is 31.2 Å². The molecule has 0 aliphatic heterocycles. The number of aromatic nitrogens is 5. The maximum atomic E-state index is 5.33. The molecular formula is C14H13BrN6OS. The van der Waals surface area contributed by atoms with Crippen LogP contribution in [-0.2, 0) is 0 Å². The quantitative estimate of drug-likeness (QED) is 0.526. The number of ether oxygens (including phenoxy) is 1. The predicted molar refractivity (Wildman–Crippen MR) is 93.4 cm³/mol. The van der Waals surface area contributed by atoms with Crippen LogP contribution in [0, 0.1) is 11.7 Å². The van der Waals surface area contributed by atoms with Gasteiger partial charge in [0.15, 0.2) is 0 Å². The van der Waals surface area contributed by atoms with E-state index in [0.29, 0.717) is 22.0 Å². The van der Waals surface area contributed by atoms with Gasteiger partial charge >= 0.3 is 0 Å². The fourth-order valence-corrected chi connectivity index (χ4v) is 2.58. The number of rotatable bonds is 4. The van der Waals surface area contributed by atoms with E-state index in [1.54, 1.807) is 13.3 Å². The summed E-state index contributed by atoms with van der Waals surface area (Å²) in [6.07, 6.45) is 1.66. The molecule has 0 radical (unpaired) electrons. The molecule has 0 unspecified atom stereocenters. The molecule has 0 aliphatic rings. The van der Waals surface area contributed by atoms with E-state index >= 15 is 0 Å². The molecule has 0 saturated heterocycles. The Bertz CT molecular complexity index is 925. The smallest absolute Gasteiger partial charge is 0.216 e. The number of aromatic amines is 2. The fraction of sp³-hybridized carbons (Fsp3) is 0.143. The zero-order valence-corrected chi connectivity index (χ0v) is 14.8. The Morgan fingerprint density at radius 3 is 2.83 bits per heavy atom. The predicted octanol–water partition coefficient (Wildman–Crippen LogP) is 3.29. The molecule has 0 fully saturated rings. The van der Waals surface area contributed by atoms with Crippen LogP contribution in [0.4, 0.5) is 0 Å². The molecule has 9 heteroatoms. The summed E-state index contributed by atoms with van der Waals surface area (Å²) >= 11 is 8.67. The molecule has 2 aromatic heterocycles. The van der Waals surface area contributed by atoms with Crippen molar-refractivity contribution in [1.29, 1.82) is 0 Å². The summed E-state index contributed by atoms with van der Waals surface area (Å²) in [5.41, 5.74) is 2.40.